The second kappa shape index (κ2) is 9.33. The molecular formula is C12H23NO3S. The number of carbonyl (C=O) groups excluding carboxylic acids is 1. The van der Waals surface area contributed by atoms with E-state index in [-0.39, 0.29) is 11.8 Å². The van der Waals surface area contributed by atoms with Crippen LogP contribution >= 0.6 is 11.8 Å². The van der Waals surface area contributed by atoms with E-state index in [0.717, 1.165) is 18.6 Å². The zero-order valence-electron chi connectivity index (χ0n) is 10.9. The molecule has 0 spiro atoms. The number of nitrogens with one attached hydrogen (secondary N) is 1. The molecule has 0 aromatic rings. The zero-order chi connectivity index (χ0) is 13.3. The maximum atomic E-state index is 11.5. The van der Waals surface area contributed by atoms with Crippen molar-refractivity contribution in [1.29, 1.82) is 0 Å². The summed E-state index contributed by atoms with van der Waals surface area (Å²) in [6, 6.07) is -0.755. The number of hydrogen-bond donors (Lipinski definition) is 2. The van der Waals surface area contributed by atoms with E-state index in [1.54, 1.807) is 11.8 Å². The number of amides is 1. The summed E-state index contributed by atoms with van der Waals surface area (Å²) in [5, 5.41) is 11.5. The Hall–Kier alpha value is -0.710. The number of carboxylic acids is 1. The molecule has 0 saturated heterocycles. The van der Waals surface area contributed by atoms with Crippen molar-refractivity contribution in [3.63, 3.8) is 0 Å². The summed E-state index contributed by atoms with van der Waals surface area (Å²) in [7, 11) is 0. The van der Waals surface area contributed by atoms with Gasteiger partial charge in [0.1, 0.15) is 6.04 Å². The molecular weight excluding hydrogens is 238 g/mol. The molecule has 0 aromatic heterocycles. The predicted molar refractivity (Wildman–Crippen MR) is 71.3 cm³/mol. The summed E-state index contributed by atoms with van der Waals surface area (Å²) in [4.78, 5) is 22.4. The third-order valence-electron chi connectivity index (χ3n) is 2.22. The van der Waals surface area contributed by atoms with Crippen molar-refractivity contribution >= 4 is 23.6 Å². The highest BCUT2D eigenvalue weighted by Crippen LogP contribution is 2.07. The van der Waals surface area contributed by atoms with Crippen LogP contribution in [0.1, 0.15) is 40.0 Å². The Balaban J connectivity index is 3.91. The van der Waals surface area contributed by atoms with Gasteiger partial charge in [0.25, 0.3) is 0 Å². The first-order chi connectivity index (χ1) is 7.97. The summed E-state index contributed by atoms with van der Waals surface area (Å²) in [6.07, 6.45) is 2.67. The maximum absolute atomic E-state index is 11.5. The van der Waals surface area contributed by atoms with Crippen LogP contribution in [0.5, 0.6) is 0 Å². The quantitative estimate of drug-likeness (QED) is 0.624. The molecule has 0 saturated carbocycles. The van der Waals surface area contributed by atoms with Crippen molar-refractivity contribution in [3.05, 3.63) is 0 Å². The van der Waals surface area contributed by atoms with E-state index in [4.69, 9.17) is 5.11 Å². The summed E-state index contributed by atoms with van der Waals surface area (Å²) >= 11 is 1.55. The highest BCUT2D eigenvalue weighted by molar-refractivity contribution is 7.99. The van der Waals surface area contributed by atoms with Crippen molar-refractivity contribution in [2.45, 2.75) is 46.1 Å². The summed E-state index contributed by atoms with van der Waals surface area (Å²) < 4.78 is 0. The molecule has 0 unspecified atom stereocenters. The first kappa shape index (κ1) is 16.3. The lowest BCUT2D eigenvalue weighted by Gasteiger charge is -2.16. The Bertz CT molecular complexity index is 244. The van der Waals surface area contributed by atoms with E-state index < -0.39 is 12.0 Å². The average molecular weight is 261 g/mol. The second-order valence-electron chi connectivity index (χ2n) is 4.49. The molecule has 100 valence electrons. The maximum Gasteiger partial charge on any atom is 0.326 e. The van der Waals surface area contributed by atoms with Crippen LogP contribution in [-0.2, 0) is 9.59 Å². The molecule has 0 aliphatic heterocycles. The van der Waals surface area contributed by atoms with Gasteiger partial charge < -0.3 is 10.4 Å². The number of aliphatic carboxylic acids is 1. The van der Waals surface area contributed by atoms with Crippen LogP contribution in [0.25, 0.3) is 0 Å². The topological polar surface area (TPSA) is 66.4 Å². The molecule has 0 radical (unpaired) electrons. The Morgan fingerprint density at radius 1 is 1.35 bits per heavy atom. The largest absolute Gasteiger partial charge is 0.480 e. The minimum Gasteiger partial charge on any atom is -0.480 e. The first-order valence-corrected chi connectivity index (χ1v) is 7.22. The van der Waals surface area contributed by atoms with Gasteiger partial charge in [0.2, 0.25) is 5.91 Å². The number of rotatable bonds is 9. The Kier molecular flexibility index (Phi) is 8.94. The van der Waals surface area contributed by atoms with Crippen LogP contribution in [0.2, 0.25) is 0 Å². The zero-order valence-corrected chi connectivity index (χ0v) is 11.7. The molecule has 17 heavy (non-hydrogen) atoms. The van der Waals surface area contributed by atoms with Gasteiger partial charge in [-0.25, -0.2) is 4.79 Å². The highest BCUT2D eigenvalue weighted by atomic mass is 32.2. The lowest BCUT2D eigenvalue weighted by atomic mass is 10.0. The van der Waals surface area contributed by atoms with E-state index in [1.165, 1.54) is 0 Å². The van der Waals surface area contributed by atoms with Gasteiger partial charge >= 0.3 is 5.97 Å². The SMILES string of the molecule is CCCCSCC(=O)N[C@@H](CC(C)C)C(=O)O. The number of hydrogen-bond acceptors (Lipinski definition) is 3. The smallest absolute Gasteiger partial charge is 0.326 e. The van der Waals surface area contributed by atoms with E-state index in [1.807, 2.05) is 13.8 Å². The van der Waals surface area contributed by atoms with Gasteiger partial charge in [-0.1, -0.05) is 27.2 Å². The summed E-state index contributed by atoms with van der Waals surface area (Å²) in [5.74, 6) is 0.419. The van der Waals surface area contributed by atoms with E-state index in [9.17, 15) is 9.59 Å². The fourth-order valence-corrected chi connectivity index (χ4v) is 2.25. The highest BCUT2D eigenvalue weighted by Gasteiger charge is 2.20. The molecule has 1 atom stereocenters. The van der Waals surface area contributed by atoms with Crippen molar-refractivity contribution in [2.24, 2.45) is 5.92 Å². The standard InChI is InChI=1S/C12H23NO3S/c1-4-5-6-17-8-11(14)13-10(12(15)16)7-9(2)3/h9-10H,4-8H2,1-3H3,(H,13,14)(H,15,16)/t10-/m0/s1. The summed E-state index contributed by atoms with van der Waals surface area (Å²) in [5.41, 5.74) is 0. The van der Waals surface area contributed by atoms with Crippen molar-refractivity contribution in [2.75, 3.05) is 11.5 Å². The fraction of sp³-hybridized carbons (Fsp3) is 0.833. The van der Waals surface area contributed by atoms with Crippen LogP contribution in [-0.4, -0.2) is 34.5 Å². The number of carbonyl (C=O) groups is 2. The average Bonchev–Trinajstić information content (AvgIpc) is 2.22. The van der Waals surface area contributed by atoms with Crippen LogP contribution < -0.4 is 5.32 Å². The van der Waals surface area contributed by atoms with Crippen molar-refractivity contribution in [3.8, 4) is 0 Å². The molecule has 4 nitrogen and oxygen atoms in total. The number of unbranched alkanes of at least 4 members (excludes halogenated alkanes) is 1. The molecule has 0 aliphatic rings. The van der Waals surface area contributed by atoms with Gasteiger partial charge in [0, 0.05) is 0 Å². The molecule has 0 aromatic carbocycles. The first-order valence-electron chi connectivity index (χ1n) is 6.07. The van der Waals surface area contributed by atoms with Gasteiger partial charge in [-0.3, -0.25) is 4.79 Å². The minimum atomic E-state index is -0.953. The second-order valence-corrected chi connectivity index (χ2v) is 5.60. The lowest BCUT2D eigenvalue weighted by molar-refractivity contribution is -0.141. The van der Waals surface area contributed by atoms with E-state index >= 15 is 0 Å². The molecule has 0 fully saturated rings. The van der Waals surface area contributed by atoms with Crippen molar-refractivity contribution in [1.82, 2.24) is 5.32 Å². The van der Waals surface area contributed by atoms with Gasteiger partial charge in [-0.15, -0.1) is 0 Å². The predicted octanol–water partition coefficient (Wildman–Crippen LogP) is 2.14. The van der Waals surface area contributed by atoms with Crippen molar-refractivity contribution < 1.29 is 14.7 Å². The van der Waals surface area contributed by atoms with E-state index in [0.29, 0.717) is 12.2 Å². The van der Waals surface area contributed by atoms with Crippen LogP contribution in [0.3, 0.4) is 0 Å². The van der Waals surface area contributed by atoms with Gasteiger partial charge in [-0.2, -0.15) is 11.8 Å². The molecule has 0 rings (SSSR count). The van der Waals surface area contributed by atoms with E-state index in [2.05, 4.69) is 12.2 Å². The Morgan fingerprint density at radius 3 is 2.47 bits per heavy atom. The van der Waals surface area contributed by atoms with Gasteiger partial charge in [0.05, 0.1) is 5.75 Å². The summed E-state index contributed by atoms with van der Waals surface area (Å²) in [6.45, 7) is 5.99. The molecule has 0 heterocycles. The number of thioether (sulfide) groups is 1. The van der Waals surface area contributed by atoms with Crippen LogP contribution in [0.15, 0.2) is 0 Å². The minimum absolute atomic E-state index is 0.181. The normalized spacial score (nSPS) is 12.5. The number of carboxylic acid groups (broad SMARTS) is 1. The van der Waals surface area contributed by atoms with Crippen LogP contribution in [0.4, 0.5) is 0 Å². The third-order valence-corrected chi connectivity index (χ3v) is 3.26. The molecule has 1 amide bonds. The lowest BCUT2D eigenvalue weighted by Crippen LogP contribution is -2.42. The molecule has 0 aliphatic carbocycles. The van der Waals surface area contributed by atoms with Crippen LogP contribution in [0, 0.1) is 5.92 Å². The molecule has 0 bridgehead atoms. The Labute approximate surface area is 108 Å². The molecule has 2 N–H and O–H groups in total. The van der Waals surface area contributed by atoms with Gasteiger partial charge in [0.15, 0.2) is 0 Å². The fourth-order valence-electron chi connectivity index (χ4n) is 1.34. The molecule has 5 heteroatoms. The third kappa shape index (κ3) is 9.03. The monoisotopic (exact) mass is 261 g/mol. The Morgan fingerprint density at radius 2 is 2.00 bits per heavy atom. The van der Waals surface area contributed by atoms with Gasteiger partial charge in [-0.05, 0) is 24.5 Å².